The normalized spacial score (nSPS) is 20.1. The van der Waals surface area contributed by atoms with E-state index < -0.39 is 0 Å². The topological polar surface area (TPSA) is 83.3 Å². The Morgan fingerprint density at radius 1 is 1.45 bits per heavy atom. The van der Waals surface area contributed by atoms with Gasteiger partial charge in [-0.2, -0.15) is 0 Å². The van der Waals surface area contributed by atoms with Gasteiger partial charge in [0.1, 0.15) is 0 Å². The molecule has 0 bridgehead atoms. The van der Waals surface area contributed by atoms with Crippen LogP contribution in [0.15, 0.2) is 6.20 Å². The fraction of sp³-hybridized carbons (Fsp3) is 0.769. The van der Waals surface area contributed by atoms with Gasteiger partial charge in [-0.25, -0.2) is 4.68 Å². The highest BCUT2D eigenvalue weighted by Crippen LogP contribution is 2.24. The van der Waals surface area contributed by atoms with Gasteiger partial charge in [0.15, 0.2) is 5.69 Å². The van der Waals surface area contributed by atoms with Crippen LogP contribution in [0.4, 0.5) is 0 Å². The summed E-state index contributed by atoms with van der Waals surface area (Å²) in [5.41, 5.74) is 0.386. The van der Waals surface area contributed by atoms with Gasteiger partial charge in [-0.1, -0.05) is 18.1 Å². The lowest BCUT2D eigenvalue weighted by atomic mass is 10.2. The van der Waals surface area contributed by atoms with Gasteiger partial charge in [-0.15, -0.1) is 5.10 Å². The number of aromatic nitrogens is 3. The fourth-order valence-electron chi connectivity index (χ4n) is 2.93. The minimum absolute atomic E-state index is 0.0110. The first kappa shape index (κ1) is 13.5. The summed E-state index contributed by atoms with van der Waals surface area (Å²) in [6, 6.07) is 0.548. The molecule has 0 atom stereocenters. The molecule has 1 saturated carbocycles. The molecule has 1 saturated heterocycles. The number of aliphatic hydroxyl groups is 1. The summed E-state index contributed by atoms with van der Waals surface area (Å²) in [4.78, 5) is 14.3. The first-order valence-electron chi connectivity index (χ1n) is 7.34. The highest BCUT2D eigenvalue weighted by Gasteiger charge is 2.29. The van der Waals surface area contributed by atoms with Crippen molar-refractivity contribution in [3.8, 4) is 0 Å². The summed E-state index contributed by atoms with van der Waals surface area (Å²) in [5, 5.41) is 20.4. The number of carbonyl (C=O) groups excluding carboxylic acids is 1. The summed E-state index contributed by atoms with van der Waals surface area (Å²) in [6.07, 6.45) is 6.08. The van der Waals surface area contributed by atoms with Crippen LogP contribution >= 0.6 is 0 Å². The van der Waals surface area contributed by atoms with Crippen LogP contribution in [0.25, 0.3) is 0 Å². The van der Waals surface area contributed by atoms with E-state index in [0.29, 0.717) is 18.3 Å². The highest BCUT2D eigenvalue weighted by atomic mass is 16.3. The van der Waals surface area contributed by atoms with Crippen molar-refractivity contribution in [2.24, 2.45) is 0 Å². The van der Waals surface area contributed by atoms with Crippen LogP contribution < -0.4 is 5.32 Å². The molecule has 7 heteroatoms. The maximum absolute atomic E-state index is 12.5. The summed E-state index contributed by atoms with van der Waals surface area (Å²) in [7, 11) is 0. The lowest BCUT2D eigenvalue weighted by Crippen LogP contribution is -2.43. The molecule has 2 aliphatic rings. The van der Waals surface area contributed by atoms with Crippen LogP contribution in [-0.2, 0) is 0 Å². The Kier molecular flexibility index (Phi) is 3.98. The molecular weight excluding hydrogens is 258 g/mol. The van der Waals surface area contributed by atoms with E-state index in [1.54, 1.807) is 15.8 Å². The van der Waals surface area contributed by atoms with Crippen molar-refractivity contribution in [3.63, 3.8) is 0 Å². The molecule has 1 aliphatic heterocycles. The third-order valence-electron chi connectivity index (χ3n) is 4.23. The fourth-order valence-corrected chi connectivity index (χ4v) is 2.93. The second kappa shape index (κ2) is 5.88. The van der Waals surface area contributed by atoms with Crippen LogP contribution in [0.2, 0.25) is 0 Å². The van der Waals surface area contributed by atoms with E-state index in [4.69, 9.17) is 0 Å². The van der Waals surface area contributed by atoms with Crippen molar-refractivity contribution in [3.05, 3.63) is 11.9 Å². The summed E-state index contributed by atoms with van der Waals surface area (Å²) < 4.78 is 1.76. The second-order valence-corrected chi connectivity index (χ2v) is 5.56. The summed E-state index contributed by atoms with van der Waals surface area (Å²) >= 11 is 0. The Bertz CT molecular complexity index is 465. The lowest BCUT2D eigenvalue weighted by Gasteiger charge is -2.28. The van der Waals surface area contributed by atoms with Gasteiger partial charge in [-0.05, 0) is 12.8 Å². The molecular formula is C13H21N5O2. The largest absolute Gasteiger partial charge is 0.395 e. The molecule has 20 heavy (non-hydrogen) atoms. The zero-order chi connectivity index (χ0) is 13.9. The Balaban J connectivity index is 1.72. The maximum atomic E-state index is 12.5. The molecule has 0 spiro atoms. The number of nitrogens with one attached hydrogen (secondary N) is 1. The zero-order valence-corrected chi connectivity index (χ0v) is 11.5. The standard InChI is InChI=1S/C13H21N5O2/c19-6-5-17(10-3-1-2-4-10)13(20)12-9-18(16-15-12)11-7-14-8-11/h9-11,14,19H,1-8H2. The molecule has 1 amide bonds. The molecule has 2 heterocycles. The van der Waals surface area contributed by atoms with E-state index >= 15 is 0 Å². The predicted octanol–water partition coefficient (Wildman–Crippen LogP) is -0.200. The van der Waals surface area contributed by atoms with Crippen molar-refractivity contribution >= 4 is 5.91 Å². The summed E-state index contributed by atoms with van der Waals surface area (Å²) in [6.45, 7) is 2.12. The van der Waals surface area contributed by atoms with Crippen molar-refractivity contribution in [2.45, 2.75) is 37.8 Å². The van der Waals surface area contributed by atoms with Gasteiger partial charge < -0.3 is 15.3 Å². The van der Waals surface area contributed by atoms with Crippen LogP contribution in [0.1, 0.15) is 42.2 Å². The minimum atomic E-state index is -0.107. The predicted molar refractivity (Wildman–Crippen MR) is 72.3 cm³/mol. The molecule has 1 aromatic heterocycles. The van der Waals surface area contributed by atoms with Gasteiger partial charge in [0.25, 0.3) is 5.91 Å². The number of nitrogens with zero attached hydrogens (tertiary/aromatic N) is 4. The van der Waals surface area contributed by atoms with Gasteiger partial charge in [0.05, 0.1) is 18.8 Å². The quantitative estimate of drug-likeness (QED) is 0.780. The zero-order valence-electron chi connectivity index (χ0n) is 11.5. The number of rotatable bonds is 5. The third kappa shape index (κ3) is 2.55. The van der Waals surface area contributed by atoms with E-state index in [0.717, 1.165) is 38.8 Å². The second-order valence-electron chi connectivity index (χ2n) is 5.56. The number of amides is 1. The Morgan fingerprint density at radius 2 is 2.20 bits per heavy atom. The van der Waals surface area contributed by atoms with Crippen molar-refractivity contribution in [2.75, 3.05) is 26.2 Å². The van der Waals surface area contributed by atoms with E-state index in [-0.39, 0.29) is 18.6 Å². The number of aliphatic hydroxyl groups excluding tert-OH is 1. The van der Waals surface area contributed by atoms with E-state index in [2.05, 4.69) is 15.6 Å². The molecule has 0 aromatic carbocycles. The molecule has 2 fully saturated rings. The first-order chi connectivity index (χ1) is 9.79. The lowest BCUT2D eigenvalue weighted by molar-refractivity contribution is 0.0632. The molecule has 1 aromatic rings. The summed E-state index contributed by atoms with van der Waals surface area (Å²) in [5.74, 6) is -0.107. The number of hydrogen-bond acceptors (Lipinski definition) is 5. The number of hydrogen-bond donors (Lipinski definition) is 2. The van der Waals surface area contributed by atoms with E-state index in [1.165, 1.54) is 0 Å². The van der Waals surface area contributed by atoms with Crippen LogP contribution in [0, 0.1) is 0 Å². The Hall–Kier alpha value is -1.47. The molecule has 2 N–H and O–H groups in total. The van der Waals surface area contributed by atoms with Crippen molar-refractivity contribution in [1.29, 1.82) is 0 Å². The van der Waals surface area contributed by atoms with Crippen LogP contribution in [-0.4, -0.2) is 63.2 Å². The smallest absolute Gasteiger partial charge is 0.276 e. The molecule has 110 valence electrons. The monoisotopic (exact) mass is 279 g/mol. The van der Waals surface area contributed by atoms with Gasteiger partial charge in [-0.3, -0.25) is 4.79 Å². The number of carbonyl (C=O) groups is 1. The molecule has 0 unspecified atom stereocenters. The Labute approximate surface area is 117 Å². The molecule has 1 aliphatic carbocycles. The van der Waals surface area contributed by atoms with Gasteiger partial charge in [0, 0.05) is 25.7 Å². The molecule has 0 radical (unpaired) electrons. The maximum Gasteiger partial charge on any atom is 0.276 e. The van der Waals surface area contributed by atoms with E-state index in [9.17, 15) is 9.90 Å². The van der Waals surface area contributed by atoms with Gasteiger partial charge >= 0.3 is 0 Å². The van der Waals surface area contributed by atoms with Crippen molar-refractivity contribution < 1.29 is 9.90 Å². The van der Waals surface area contributed by atoms with Crippen LogP contribution in [0.5, 0.6) is 0 Å². The highest BCUT2D eigenvalue weighted by molar-refractivity contribution is 5.92. The first-order valence-corrected chi connectivity index (χ1v) is 7.34. The SMILES string of the molecule is O=C(c1cn(C2CNC2)nn1)N(CCO)C1CCCC1. The molecule has 3 rings (SSSR count). The average molecular weight is 279 g/mol. The average Bonchev–Trinajstić information content (AvgIpc) is 3.04. The van der Waals surface area contributed by atoms with Crippen molar-refractivity contribution in [1.82, 2.24) is 25.2 Å². The third-order valence-corrected chi connectivity index (χ3v) is 4.23. The molecule has 7 nitrogen and oxygen atoms in total. The Morgan fingerprint density at radius 3 is 2.80 bits per heavy atom. The van der Waals surface area contributed by atoms with Crippen LogP contribution in [0.3, 0.4) is 0 Å². The van der Waals surface area contributed by atoms with E-state index in [1.807, 2.05) is 0 Å². The minimum Gasteiger partial charge on any atom is -0.395 e. The van der Waals surface area contributed by atoms with Gasteiger partial charge in [0.2, 0.25) is 0 Å².